The Hall–Kier alpha value is -1.73. The van der Waals surface area contributed by atoms with Crippen LogP contribution in [-0.4, -0.2) is 29.4 Å². The van der Waals surface area contributed by atoms with Gasteiger partial charge in [0.25, 0.3) is 0 Å². The zero-order valence-electron chi connectivity index (χ0n) is 11.1. The second-order valence-corrected chi connectivity index (χ2v) is 6.46. The predicted octanol–water partition coefficient (Wildman–Crippen LogP) is 0.746. The Morgan fingerprint density at radius 1 is 1.37 bits per heavy atom. The van der Waals surface area contributed by atoms with Crippen LogP contribution in [0.4, 0.5) is 0 Å². The minimum absolute atomic E-state index is 0.183. The molecule has 0 aliphatic carbocycles. The number of rotatable bonds is 3. The second-order valence-electron chi connectivity index (χ2n) is 4.44. The van der Waals surface area contributed by atoms with Gasteiger partial charge in [-0.2, -0.15) is 5.10 Å². The summed E-state index contributed by atoms with van der Waals surface area (Å²) in [6.07, 6.45) is 3.98. The molecule has 0 unspecified atom stereocenters. The fourth-order valence-electron chi connectivity index (χ4n) is 1.92. The molecule has 0 aromatic carbocycles. The molecule has 0 fully saturated rings. The number of pyridine rings is 1. The lowest BCUT2D eigenvalue weighted by atomic mass is 10.1. The molecule has 102 valence electrons. The average Bonchev–Trinajstić information content (AvgIpc) is 2.76. The lowest BCUT2D eigenvalue weighted by molar-refractivity contribution is 0.602. The van der Waals surface area contributed by atoms with Crippen molar-refractivity contribution in [2.75, 3.05) is 6.26 Å². The summed E-state index contributed by atoms with van der Waals surface area (Å²) in [5.41, 5.74) is 9.02. The molecule has 2 aromatic heterocycles. The third-order valence-electron chi connectivity index (χ3n) is 2.87. The number of aromatic nitrogens is 3. The molecule has 2 rings (SSSR count). The van der Waals surface area contributed by atoms with Gasteiger partial charge in [-0.25, -0.2) is 13.1 Å². The van der Waals surface area contributed by atoms with Crippen molar-refractivity contribution < 1.29 is 8.42 Å². The Labute approximate surface area is 112 Å². The van der Waals surface area contributed by atoms with Crippen LogP contribution in [0.1, 0.15) is 17.0 Å². The normalized spacial score (nSPS) is 11.8. The van der Waals surface area contributed by atoms with Crippen LogP contribution in [0.3, 0.4) is 0 Å². The highest BCUT2D eigenvalue weighted by Crippen LogP contribution is 2.19. The summed E-state index contributed by atoms with van der Waals surface area (Å²) in [5, 5.41) is 4.10. The number of sulfone groups is 1. The molecule has 0 aliphatic heterocycles. The summed E-state index contributed by atoms with van der Waals surface area (Å²) in [6.45, 7) is 4.07. The summed E-state index contributed by atoms with van der Waals surface area (Å²) >= 11 is 0. The van der Waals surface area contributed by atoms with Crippen LogP contribution < -0.4 is 5.73 Å². The topological polar surface area (TPSA) is 90.9 Å². The van der Waals surface area contributed by atoms with Crippen LogP contribution in [0.15, 0.2) is 23.4 Å². The highest BCUT2D eigenvalue weighted by atomic mass is 32.2. The maximum Gasteiger partial charge on any atom is 0.178 e. The van der Waals surface area contributed by atoms with E-state index in [2.05, 4.69) is 10.1 Å². The van der Waals surface area contributed by atoms with Gasteiger partial charge in [0.1, 0.15) is 4.90 Å². The van der Waals surface area contributed by atoms with E-state index in [1.54, 1.807) is 0 Å². The first-order valence-electron chi connectivity index (χ1n) is 5.75. The molecule has 19 heavy (non-hydrogen) atoms. The molecule has 6 nitrogen and oxygen atoms in total. The van der Waals surface area contributed by atoms with E-state index in [1.165, 1.54) is 17.1 Å². The highest BCUT2D eigenvalue weighted by Gasteiger charge is 2.14. The number of nitrogens with zero attached hydrogens (tertiary/aromatic N) is 3. The van der Waals surface area contributed by atoms with Crippen LogP contribution in [0.5, 0.6) is 0 Å². The monoisotopic (exact) mass is 280 g/mol. The zero-order chi connectivity index (χ0) is 14.2. The van der Waals surface area contributed by atoms with Crippen LogP contribution in [-0.2, 0) is 16.4 Å². The van der Waals surface area contributed by atoms with Gasteiger partial charge in [0.2, 0.25) is 0 Å². The largest absolute Gasteiger partial charge is 0.326 e. The fraction of sp³-hybridized carbons (Fsp3) is 0.333. The number of nitrogens with two attached hydrogens (primary N) is 1. The van der Waals surface area contributed by atoms with Crippen LogP contribution in [0.25, 0.3) is 5.69 Å². The second kappa shape index (κ2) is 4.75. The zero-order valence-corrected chi connectivity index (χ0v) is 11.9. The van der Waals surface area contributed by atoms with Gasteiger partial charge in [0.05, 0.1) is 11.9 Å². The van der Waals surface area contributed by atoms with Gasteiger partial charge in [-0.15, -0.1) is 0 Å². The molecule has 2 aromatic rings. The smallest absolute Gasteiger partial charge is 0.178 e. The number of hydrogen-bond donors (Lipinski definition) is 1. The van der Waals surface area contributed by atoms with Crippen LogP contribution >= 0.6 is 0 Å². The Morgan fingerprint density at radius 2 is 2.05 bits per heavy atom. The van der Waals surface area contributed by atoms with E-state index in [1.807, 2.05) is 19.9 Å². The molecule has 0 spiro atoms. The summed E-state index contributed by atoms with van der Waals surface area (Å²) in [5.74, 6) is 0. The molecule has 7 heteroatoms. The molecule has 0 amide bonds. The standard InChI is InChI=1S/C12H16N4O2S/c1-8-4-12(11(5-13)9(2)15-8)16-7-10(6-14-16)19(3,17)18/h4,6-7H,5,13H2,1-3H3. The van der Waals surface area contributed by atoms with Crippen molar-refractivity contribution in [1.29, 1.82) is 0 Å². The first kappa shape index (κ1) is 13.7. The predicted molar refractivity (Wildman–Crippen MR) is 71.8 cm³/mol. The van der Waals surface area contributed by atoms with Crippen molar-refractivity contribution in [1.82, 2.24) is 14.8 Å². The number of aryl methyl sites for hydroxylation is 2. The molecule has 0 saturated heterocycles. The fourth-order valence-corrected chi connectivity index (χ4v) is 2.45. The van der Waals surface area contributed by atoms with Gasteiger partial charge in [-0.05, 0) is 19.9 Å². The molecule has 0 bridgehead atoms. The summed E-state index contributed by atoms with van der Waals surface area (Å²) in [6, 6.07) is 1.84. The molecule has 2 N–H and O–H groups in total. The minimum atomic E-state index is -3.26. The minimum Gasteiger partial charge on any atom is -0.326 e. The van der Waals surface area contributed by atoms with Crippen molar-refractivity contribution in [3.63, 3.8) is 0 Å². The third kappa shape index (κ3) is 2.66. The number of hydrogen-bond acceptors (Lipinski definition) is 5. The summed E-state index contributed by atoms with van der Waals surface area (Å²) < 4.78 is 24.5. The van der Waals surface area contributed by atoms with Crippen molar-refractivity contribution in [3.8, 4) is 5.69 Å². The first-order valence-corrected chi connectivity index (χ1v) is 7.64. The highest BCUT2D eigenvalue weighted by molar-refractivity contribution is 7.90. The Morgan fingerprint density at radius 3 is 2.58 bits per heavy atom. The van der Waals surface area contributed by atoms with Crippen molar-refractivity contribution in [2.24, 2.45) is 5.73 Å². The molecule has 0 saturated carbocycles. The maximum absolute atomic E-state index is 11.5. The quantitative estimate of drug-likeness (QED) is 0.895. The lowest BCUT2D eigenvalue weighted by Crippen LogP contribution is -2.09. The van der Waals surface area contributed by atoms with Gasteiger partial charge in [0.15, 0.2) is 9.84 Å². The maximum atomic E-state index is 11.5. The summed E-state index contributed by atoms with van der Waals surface area (Å²) in [4.78, 5) is 4.53. The van der Waals surface area contributed by atoms with E-state index in [-0.39, 0.29) is 4.90 Å². The SMILES string of the molecule is Cc1cc(-n2cc(S(C)(=O)=O)cn2)c(CN)c(C)n1. The van der Waals surface area contributed by atoms with Gasteiger partial charge >= 0.3 is 0 Å². The third-order valence-corrected chi connectivity index (χ3v) is 3.94. The Balaban J connectivity index is 2.62. The van der Waals surface area contributed by atoms with E-state index in [9.17, 15) is 8.42 Å². The molecular weight excluding hydrogens is 264 g/mol. The molecule has 0 atom stereocenters. The van der Waals surface area contributed by atoms with Crippen LogP contribution in [0.2, 0.25) is 0 Å². The van der Waals surface area contributed by atoms with Gasteiger partial charge in [0, 0.05) is 35.9 Å². The van der Waals surface area contributed by atoms with Gasteiger partial charge in [-0.1, -0.05) is 0 Å². The van der Waals surface area contributed by atoms with Gasteiger partial charge in [-0.3, -0.25) is 4.98 Å². The average molecular weight is 280 g/mol. The van der Waals surface area contributed by atoms with E-state index in [0.29, 0.717) is 6.54 Å². The molecule has 0 radical (unpaired) electrons. The molecule has 2 heterocycles. The van der Waals surface area contributed by atoms with E-state index >= 15 is 0 Å². The van der Waals surface area contributed by atoms with Crippen molar-refractivity contribution >= 4 is 9.84 Å². The lowest BCUT2D eigenvalue weighted by Gasteiger charge is -2.11. The Bertz CT molecular complexity index is 719. The van der Waals surface area contributed by atoms with E-state index in [4.69, 9.17) is 5.73 Å². The molecular formula is C12H16N4O2S. The first-order chi connectivity index (χ1) is 8.82. The van der Waals surface area contributed by atoms with Crippen molar-refractivity contribution in [3.05, 3.63) is 35.4 Å². The Kier molecular flexibility index (Phi) is 3.42. The molecule has 0 aliphatic rings. The van der Waals surface area contributed by atoms with Crippen molar-refractivity contribution in [2.45, 2.75) is 25.3 Å². The van der Waals surface area contributed by atoms with Crippen LogP contribution in [0, 0.1) is 13.8 Å². The van der Waals surface area contributed by atoms with Gasteiger partial charge < -0.3 is 5.73 Å². The van der Waals surface area contributed by atoms with E-state index in [0.717, 1.165) is 28.9 Å². The summed E-state index contributed by atoms with van der Waals surface area (Å²) in [7, 11) is -3.26. The van der Waals surface area contributed by atoms with E-state index < -0.39 is 9.84 Å².